The van der Waals surface area contributed by atoms with Gasteiger partial charge in [0.15, 0.2) is 0 Å². The number of aliphatic hydroxyl groups is 1. The third-order valence-corrected chi connectivity index (χ3v) is 9.58. The van der Waals surface area contributed by atoms with E-state index < -0.39 is 17.5 Å². The van der Waals surface area contributed by atoms with Crippen LogP contribution in [-0.4, -0.2) is 56.7 Å². The Morgan fingerprint density at radius 3 is 2.78 bits per heavy atom. The molecular weight excluding hydrogens is 470 g/mol. The lowest BCUT2D eigenvalue weighted by molar-refractivity contribution is -0.506. The van der Waals surface area contributed by atoms with E-state index in [9.17, 15) is 20.0 Å². The lowest BCUT2D eigenvalue weighted by Crippen LogP contribution is -2.54. The second kappa shape index (κ2) is 10.5. The van der Waals surface area contributed by atoms with Gasteiger partial charge in [-0.15, -0.1) is 6.58 Å². The Morgan fingerprint density at radius 1 is 1.30 bits per heavy atom. The van der Waals surface area contributed by atoms with Crippen molar-refractivity contribution >= 4 is 16.9 Å². The van der Waals surface area contributed by atoms with Crippen LogP contribution in [0.5, 0.6) is 0 Å². The lowest BCUT2D eigenvalue weighted by Gasteiger charge is -2.50. The largest absolute Gasteiger partial charge is 0.481 e. The van der Waals surface area contributed by atoms with Crippen LogP contribution in [0.15, 0.2) is 49.2 Å². The molecule has 2 N–H and O–H groups in total. The Bertz CT molecular complexity index is 1150. The smallest absolute Gasteiger partial charge is 0.304 e. The number of aliphatic hydroxyl groups excluding tert-OH is 1. The highest BCUT2D eigenvalue weighted by Crippen LogP contribution is 2.60. The predicted molar refractivity (Wildman–Crippen MR) is 143 cm³/mol. The SMILES string of the molecule is C=C[C@H]1CN2CC[C@H]1C[C@H]2[C@H](O)c1ccnc2ccccc12.O=C(O)C[C@@]1(C[N+](=O)[O-])CC2CCCC21.[HH]. The molecule has 2 aromatic rings. The van der Waals surface area contributed by atoms with Gasteiger partial charge in [0.1, 0.15) is 0 Å². The molecule has 0 amide bonds. The van der Waals surface area contributed by atoms with E-state index in [-0.39, 0.29) is 25.4 Å². The predicted octanol–water partition coefficient (Wildman–Crippen LogP) is 4.95. The quantitative estimate of drug-likeness (QED) is 0.308. The number of nitro groups is 1. The number of aliphatic carboxylic acids is 1. The van der Waals surface area contributed by atoms with Crippen molar-refractivity contribution in [3.63, 3.8) is 0 Å². The first kappa shape index (κ1) is 25.8. The molecule has 1 aromatic carbocycles. The number of rotatable bonds is 7. The molecule has 8 heteroatoms. The Kier molecular flexibility index (Phi) is 7.32. The summed E-state index contributed by atoms with van der Waals surface area (Å²) >= 11 is 0. The Labute approximate surface area is 219 Å². The summed E-state index contributed by atoms with van der Waals surface area (Å²) < 4.78 is 0. The molecule has 5 fully saturated rings. The fraction of sp³-hybridized carbons (Fsp3) is 0.586. The highest BCUT2D eigenvalue weighted by molar-refractivity contribution is 5.82. The number of nitrogens with zero attached hydrogens (tertiary/aromatic N) is 3. The molecule has 1 aromatic heterocycles. The van der Waals surface area contributed by atoms with Crippen molar-refractivity contribution in [2.45, 2.75) is 57.1 Å². The van der Waals surface area contributed by atoms with Crippen molar-refractivity contribution < 1.29 is 21.4 Å². The number of piperidine rings is 3. The van der Waals surface area contributed by atoms with Gasteiger partial charge in [0.05, 0.1) is 18.0 Å². The van der Waals surface area contributed by atoms with Crippen molar-refractivity contribution in [3.05, 3.63) is 64.9 Å². The van der Waals surface area contributed by atoms with Crippen molar-refractivity contribution in [2.75, 3.05) is 19.6 Å². The molecule has 8 atom stereocenters. The van der Waals surface area contributed by atoms with Crippen molar-refractivity contribution in [2.24, 2.45) is 29.1 Å². The van der Waals surface area contributed by atoms with Gasteiger partial charge in [-0.3, -0.25) is 24.8 Å². The molecule has 2 bridgehead atoms. The minimum absolute atomic E-state index is 0. The number of aromatic nitrogens is 1. The summed E-state index contributed by atoms with van der Waals surface area (Å²) in [6.45, 7) is 5.95. The second-order valence-electron chi connectivity index (χ2n) is 11.5. The highest BCUT2D eigenvalue weighted by Gasteiger charge is 2.59. The van der Waals surface area contributed by atoms with Crippen LogP contribution < -0.4 is 0 Å². The zero-order chi connectivity index (χ0) is 26.2. The van der Waals surface area contributed by atoms with Gasteiger partial charge < -0.3 is 10.2 Å². The number of carboxylic acid groups (broad SMARTS) is 1. The summed E-state index contributed by atoms with van der Waals surface area (Å²) in [5.74, 6) is 1.21. The van der Waals surface area contributed by atoms with E-state index in [1.54, 1.807) is 0 Å². The van der Waals surface area contributed by atoms with Gasteiger partial charge in [-0.25, -0.2) is 0 Å². The molecule has 2 aliphatic carbocycles. The van der Waals surface area contributed by atoms with E-state index in [0.717, 1.165) is 61.7 Å². The minimum Gasteiger partial charge on any atom is -0.481 e. The van der Waals surface area contributed by atoms with E-state index in [1.165, 1.54) is 6.42 Å². The zero-order valence-electron chi connectivity index (χ0n) is 21.2. The maximum Gasteiger partial charge on any atom is 0.304 e. The fourth-order valence-corrected chi connectivity index (χ4v) is 7.89. The van der Waals surface area contributed by atoms with Crippen molar-refractivity contribution in [1.29, 1.82) is 0 Å². The van der Waals surface area contributed by atoms with Crippen molar-refractivity contribution in [1.82, 2.24) is 9.88 Å². The van der Waals surface area contributed by atoms with Gasteiger partial charge >= 0.3 is 5.97 Å². The Morgan fingerprint density at radius 2 is 2.11 bits per heavy atom. The number of para-hydroxylation sites is 1. The molecule has 8 nitrogen and oxygen atoms in total. The van der Waals surface area contributed by atoms with E-state index in [0.29, 0.717) is 23.7 Å². The normalized spacial score (nSPS) is 34.5. The number of carbonyl (C=O) groups is 1. The van der Waals surface area contributed by atoms with Crippen molar-refractivity contribution in [3.8, 4) is 0 Å². The molecule has 5 aliphatic rings. The first-order valence-corrected chi connectivity index (χ1v) is 13.5. The standard InChI is InChI=1S/C19H22N2O.C10H15NO4.H2/c1-2-13-12-21-10-8-14(13)11-18(21)19(22)16-7-9-20-17-6-4-3-5-15(16)17;12-9(13)5-10(6-11(14)15)4-7-2-1-3-8(7)10;/h2-7,9,13-14,18-19,22H,1,8,10-12H2;7-8H,1-6H2,(H,12,13);1H/t13-,14-,18-,19+;7?,8?,10-;/m01./s1. The van der Waals surface area contributed by atoms with Gasteiger partial charge in [0.25, 0.3) is 0 Å². The van der Waals surface area contributed by atoms with Crippen LogP contribution >= 0.6 is 0 Å². The Balaban J connectivity index is 0.000000185. The highest BCUT2D eigenvalue weighted by atomic mass is 16.6. The average molecular weight is 510 g/mol. The molecule has 3 saturated heterocycles. The molecule has 3 aliphatic heterocycles. The van der Waals surface area contributed by atoms with Gasteiger partial charge in [0, 0.05) is 35.9 Å². The molecule has 2 saturated carbocycles. The van der Waals surface area contributed by atoms with Crippen LogP contribution in [0, 0.1) is 39.2 Å². The summed E-state index contributed by atoms with van der Waals surface area (Å²) in [5.41, 5.74) is 1.44. The summed E-state index contributed by atoms with van der Waals surface area (Å²) in [4.78, 5) is 27.9. The molecule has 4 heterocycles. The third kappa shape index (κ3) is 5.01. The molecule has 0 spiro atoms. The number of hydrogen-bond donors (Lipinski definition) is 2. The third-order valence-electron chi connectivity index (χ3n) is 9.58. The average Bonchev–Trinajstić information content (AvgIpc) is 3.30. The van der Waals surface area contributed by atoms with Crippen LogP contribution in [-0.2, 0) is 4.79 Å². The Hall–Kier alpha value is -2.84. The molecule has 7 rings (SSSR count). The number of hydrogen-bond acceptors (Lipinski definition) is 6. The van der Waals surface area contributed by atoms with E-state index in [1.807, 2.05) is 30.5 Å². The first-order valence-electron chi connectivity index (χ1n) is 13.5. The summed E-state index contributed by atoms with van der Waals surface area (Å²) in [7, 11) is 0. The maximum absolute atomic E-state index is 11.0. The van der Waals surface area contributed by atoms with E-state index in [4.69, 9.17) is 5.11 Å². The summed E-state index contributed by atoms with van der Waals surface area (Å²) in [6, 6.07) is 10.3. The van der Waals surface area contributed by atoms with Gasteiger partial charge in [-0.2, -0.15) is 0 Å². The topological polar surface area (TPSA) is 117 Å². The van der Waals surface area contributed by atoms with Crippen LogP contribution in [0.3, 0.4) is 0 Å². The molecule has 200 valence electrons. The summed E-state index contributed by atoms with van der Waals surface area (Å²) in [6.07, 6.45) is 9.68. The molecular formula is C29H39N3O5. The lowest BCUT2D eigenvalue weighted by atomic mass is 9.53. The zero-order valence-corrected chi connectivity index (χ0v) is 21.2. The van der Waals surface area contributed by atoms with Crippen LogP contribution in [0.1, 0.15) is 58.0 Å². The monoisotopic (exact) mass is 509 g/mol. The molecule has 37 heavy (non-hydrogen) atoms. The van der Waals surface area contributed by atoms with Crippen LogP contribution in [0.4, 0.5) is 0 Å². The van der Waals surface area contributed by atoms with E-state index >= 15 is 0 Å². The maximum atomic E-state index is 11.0. The van der Waals surface area contributed by atoms with Gasteiger partial charge in [-0.05, 0) is 73.6 Å². The van der Waals surface area contributed by atoms with Crippen LogP contribution in [0.25, 0.3) is 10.9 Å². The van der Waals surface area contributed by atoms with E-state index in [2.05, 4.69) is 28.6 Å². The molecule has 3 unspecified atom stereocenters. The van der Waals surface area contributed by atoms with Crippen LogP contribution in [0.2, 0.25) is 0 Å². The minimum atomic E-state index is -0.901. The molecule has 0 radical (unpaired) electrons. The first-order chi connectivity index (χ1) is 17.8. The fourth-order valence-electron chi connectivity index (χ4n) is 7.89. The number of pyridine rings is 1. The van der Waals surface area contributed by atoms with Gasteiger partial charge in [0.2, 0.25) is 6.54 Å². The number of benzene rings is 1. The van der Waals surface area contributed by atoms with Gasteiger partial charge in [-0.1, -0.05) is 37.1 Å². The number of fused-ring (bicyclic) bond motifs is 5. The second-order valence-corrected chi connectivity index (χ2v) is 11.5. The number of carboxylic acids is 1. The summed E-state index contributed by atoms with van der Waals surface area (Å²) in [5, 5.41) is 31.5.